The first-order chi connectivity index (χ1) is 14.3. The number of carbonyl (C=O) groups excluding carboxylic acids is 5. The van der Waals surface area contributed by atoms with Crippen molar-refractivity contribution in [2.24, 2.45) is 11.8 Å². The number of ketones is 1. The molecule has 1 heterocycles. The van der Waals surface area contributed by atoms with Crippen molar-refractivity contribution in [1.29, 1.82) is 0 Å². The number of amides is 4. The maximum atomic E-state index is 12.9. The predicted molar refractivity (Wildman–Crippen MR) is 112 cm³/mol. The molecule has 4 N–H and O–H groups in total. The molecular weight excluding hydrogens is 388 g/mol. The van der Waals surface area contributed by atoms with Crippen molar-refractivity contribution >= 4 is 29.9 Å². The summed E-state index contributed by atoms with van der Waals surface area (Å²) in [6.45, 7) is 6.53. The number of hydrogen-bond acceptors (Lipinski definition) is 5. The second kappa shape index (κ2) is 13.7. The van der Waals surface area contributed by atoms with Gasteiger partial charge in [-0.25, -0.2) is 0 Å². The third kappa shape index (κ3) is 8.92. The Morgan fingerprint density at radius 1 is 1.17 bits per heavy atom. The molecule has 3 unspecified atom stereocenters. The average Bonchev–Trinajstić information content (AvgIpc) is 3.10. The van der Waals surface area contributed by atoms with Gasteiger partial charge >= 0.3 is 0 Å². The van der Waals surface area contributed by atoms with Crippen molar-refractivity contribution in [2.45, 2.75) is 77.8 Å². The highest BCUT2D eigenvalue weighted by Crippen LogP contribution is 2.19. The fourth-order valence-corrected chi connectivity index (χ4v) is 3.53. The van der Waals surface area contributed by atoms with Crippen LogP contribution in [0.3, 0.4) is 0 Å². The average molecular weight is 425 g/mol. The van der Waals surface area contributed by atoms with Gasteiger partial charge in [0.1, 0.15) is 0 Å². The zero-order chi connectivity index (χ0) is 22.5. The molecule has 0 radical (unpaired) electrons. The second-order valence-electron chi connectivity index (χ2n) is 8.12. The Balaban J connectivity index is 2.86. The highest BCUT2D eigenvalue weighted by atomic mass is 16.2. The van der Waals surface area contributed by atoms with Crippen molar-refractivity contribution in [3.8, 4) is 0 Å². The molecule has 9 heteroatoms. The Bertz CT molecular complexity index is 608. The minimum Gasteiger partial charge on any atom is -0.359 e. The van der Waals surface area contributed by atoms with Gasteiger partial charge in [0, 0.05) is 31.0 Å². The molecule has 1 aliphatic heterocycles. The SMILES string of the molecule is CCCCC(CCCNC=O)C(=O)NC(CC1CCNC1=O)C(=O)C(=O)NC(C)C. The third-order valence-electron chi connectivity index (χ3n) is 5.19. The van der Waals surface area contributed by atoms with Gasteiger partial charge in [0.05, 0.1) is 6.04 Å². The lowest BCUT2D eigenvalue weighted by Crippen LogP contribution is -2.51. The molecule has 30 heavy (non-hydrogen) atoms. The standard InChI is InChI=1S/C21H36N4O5/c1-4-5-7-15(8-6-10-22-13-26)20(29)25-17(12-16-9-11-23-19(16)28)18(27)21(30)24-14(2)3/h13-17H,4-12H2,1-3H3,(H,22,26)(H,23,28)(H,24,30)(H,25,29). The topological polar surface area (TPSA) is 133 Å². The minimum atomic E-state index is -1.04. The van der Waals surface area contributed by atoms with Crippen molar-refractivity contribution in [2.75, 3.05) is 13.1 Å². The van der Waals surface area contributed by atoms with Gasteiger partial charge in [-0.3, -0.25) is 24.0 Å². The number of nitrogens with one attached hydrogen (secondary N) is 4. The van der Waals surface area contributed by atoms with Crippen LogP contribution in [0.1, 0.15) is 65.7 Å². The molecule has 0 aromatic rings. The summed E-state index contributed by atoms with van der Waals surface area (Å²) in [5, 5.41) is 10.6. The van der Waals surface area contributed by atoms with E-state index < -0.39 is 23.7 Å². The Morgan fingerprint density at radius 2 is 1.87 bits per heavy atom. The van der Waals surface area contributed by atoms with Crippen molar-refractivity contribution < 1.29 is 24.0 Å². The smallest absolute Gasteiger partial charge is 0.289 e. The molecule has 1 saturated heterocycles. The molecule has 9 nitrogen and oxygen atoms in total. The monoisotopic (exact) mass is 424 g/mol. The fourth-order valence-electron chi connectivity index (χ4n) is 3.53. The summed E-state index contributed by atoms with van der Waals surface area (Å²) in [5.74, 6) is -2.66. The molecule has 0 bridgehead atoms. The van der Waals surface area contributed by atoms with E-state index in [2.05, 4.69) is 21.3 Å². The molecule has 1 rings (SSSR count). The van der Waals surface area contributed by atoms with Gasteiger partial charge in [0.25, 0.3) is 5.91 Å². The van der Waals surface area contributed by atoms with E-state index in [4.69, 9.17) is 0 Å². The Morgan fingerprint density at radius 3 is 2.43 bits per heavy atom. The van der Waals surface area contributed by atoms with Crippen LogP contribution >= 0.6 is 0 Å². The first-order valence-electron chi connectivity index (χ1n) is 10.9. The number of unbranched alkanes of at least 4 members (excludes halogenated alkanes) is 1. The van der Waals surface area contributed by atoms with Gasteiger partial charge in [0.15, 0.2) is 0 Å². The quantitative estimate of drug-likeness (QED) is 0.172. The Labute approximate surface area is 178 Å². The molecule has 1 fully saturated rings. The summed E-state index contributed by atoms with van der Waals surface area (Å²) in [6, 6.07) is -1.25. The van der Waals surface area contributed by atoms with E-state index in [1.54, 1.807) is 13.8 Å². The van der Waals surface area contributed by atoms with Gasteiger partial charge in [-0.1, -0.05) is 19.8 Å². The number of Topliss-reactive ketones (excluding diaryl/α,β-unsaturated/α-hetero) is 1. The largest absolute Gasteiger partial charge is 0.359 e. The molecule has 0 spiro atoms. The second-order valence-corrected chi connectivity index (χ2v) is 8.12. The van der Waals surface area contributed by atoms with E-state index >= 15 is 0 Å². The van der Waals surface area contributed by atoms with Crippen molar-refractivity contribution in [3.05, 3.63) is 0 Å². The lowest BCUT2D eigenvalue weighted by atomic mass is 9.92. The Hall–Kier alpha value is -2.45. The molecule has 4 amide bonds. The van der Waals surface area contributed by atoms with Gasteiger partial charge in [-0.05, 0) is 46.0 Å². The molecule has 3 atom stereocenters. The molecular formula is C21H36N4O5. The molecule has 1 aliphatic rings. The van der Waals surface area contributed by atoms with E-state index in [1.807, 2.05) is 6.92 Å². The lowest BCUT2D eigenvalue weighted by Gasteiger charge is -2.23. The maximum Gasteiger partial charge on any atom is 0.289 e. The van der Waals surface area contributed by atoms with Crippen LogP contribution in [0.2, 0.25) is 0 Å². The first kappa shape index (κ1) is 25.6. The molecule has 0 aromatic heterocycles. The summed E-state index contributed by atoms with van der Waals surface area (Å²) < 4.78 is 0. The van der Waals surface area contributed by atoms with Crippen LogP contribution in [-0.4, -0.2) is 55.1 Å². The zero-order valence-electron chi connectivity index (χ0n) is 18.3. The number of hydrogen-bond donors (Lipinski definition) is 4. The summed E-state index contributed by atoms with van der Waals surface area (Å²) in [4.78, 5) is 60.3. The van der Waals surface area contributed by atoms with E-state index in [0.29, 0.717) is 45.2 Å². The highest BCUT2D eigenvalue weighted by Gasteiger charge is 2.35. The van der Waals surface area contributed by atoms with Gasteiger partial charge < -0.3 is 21.3 Å². The molecule has 0 saturated carbocycles. The highest BCUT2D eigenvalue weighted by molar-refractivity contribution is 6.38. The summed E-state index contributed by atoms with van der Waals surface area (Å²) in [6.07, 6.45) is 4.94. The fraction of sp³-hybridized carbons (Fsp3) is 0.762. The summed E-state index contributed by atoms with van der Waals surface area (Å²) in [7, 11) is 0. The van der Waals surface area contributed by atoms with E-state index in [1.165, 1.54) is 0 Å². The van der Waals surface area contributed by atoms with Crippen LogP contribution in [-0.2, 0) is 24.0 Å². The van der Waals surface area contributed by atoms with Crippen LogP contribution in [0.15, 0.2) is 0 Å². The van der Waals surface area contributed by atoms with Crippen molar-refractivity contribution in [1.82, 2.24) is 21.3 Å². The van der Waals surface area contributed by atoms with Gasteiger partial charge in [-0.15, -0.1) is 0 Å². The van der Waals surface area contributed by atoms with Crippen LogP contribution < -0.4 is 21.3 Å². The van der Waals surface area contributed by atoms with Crippen LogP contribution in [0, 0.1) is 11.8 Å². The van der Waals surface area contributed by atoms with E-state index in [9.17, 15) is 24.0 Å². The summed E-state index contributed by atoms with van der Waals surface area (Å²) >= 11 is 0. The normalized spacial score (nSPS) is 17.7. The Kier molecular flexibility index (Phi) is 11.7. The third-order valence-corrected chi connectivity index (χ3v) is 5.19. The van der Waals surface area contributed by atoms with E-state index in [-0.39, 0.29) is 30.2 Å². The zero-order valence-corrected chi connectivity index (χ0v) is 18.3. The van der Waals surface area contributed by atoms with Crippen LogP contribution in [0.25, 0.3) is 0 Å². The number of rotatable bonds is 15. The molecule has 170 valence electrons. The lowest BCUT2D eigenvalue weighted by molar-refractivity contribution is -0.141. The minimum absolute atomic E-state index is 0.106. The maximum absolute atomic E-state index is 12.9. The van der Waals surface area contributed by atoms with E-state index in [0.717, 1.165) is 12.8 Å². The predicted octanol–water partition coefficient (Wildman–Crippen LogP) is 0.424. The van der Waals surface area contributed by atoms with Gasteiger partial charge in [0.2, 0.25) is 24.0 Å². The first-order valence-corrected chi connectivity index (χ1v) is 10.9. The van der Waals surface area contributed by atoms with Gasteiger partial charge in [-0.2, -0.15) is 0 Å². The van der Waals surface area contributed by atoms with Crippen molar-refractivity contribution in [3.63, 3.8) is 0 Å². The molecule has 0 aliphatic carbocycles. The number of carbonyl (C=O) groups is 5. The molecule has 0 aromatic carbocycles. The van der Waals surface area contributed by atoms with Crippen LogP contribution in [0.5, 0.6) is 0 Å². The van der Waals surface area contributed by atoms with Crippen LogP contribution in [0.4, 0.5) is 0 Å². The summed E-state index contributed by atoms with van der Waals surface area (Å²) in [5.41, 5.74) is 0.